The number of nitrogens with one attached hydrogen (secondary N) is 1. The summed E-state index contributed by atoms with van der Waals surface area (Å²) in [5.41, 5.74) is 1.43. The molecule has 1 aliphatic heterocycles. The predicted octanol–water partition coefficient (Wildman–Crippen LogP) is 0.720. The molecular weight excluding hydrogens is 306 g/mol. The number of aromatic nitrogens is 2. The number of nitrogens with zero attached hydrogens (tertiary/aromatic N) is 4. The van der Waals surface area contributed by atoms with E-state index in [0.717, 1.165) is 50.6 Å². The first-order chi connectivity index (χ1) is 11.6. The highest BCUT2D eigenvalue weighted by molar-refractivity contribution is 5.55. The van der Waals surface area contributed by atoms with E-state index in [0.29, 0.717) is 0 Å². The van der Waals surface area contributed by atoms with Gasteiger partial charge in [-0.15, -0.1) is 0 Å². The van der Waals surface area contributed by atoms with Crippen molar-refractivity contribution in [1.29, 1.82) is 0 Å². The quantitative estimate of drug-likeness (QED) is 0.788. The highest BCUT2D eigenvalue weighted by atomic mass is 16.3. The van der Waals surface area contributed by atoms with E-state index in [1.54, 1.807) is 25.4 Å². The largest absolute Gasteiger partial charge is 0.506 e. The molecule has 7 heteroatoms. The minimum absolute atomic E-state index is 0.0489. The molecule has 0 radical (unpaired) electrons. The van der Waals surface area contributed by atoms with Gasteiger partial charge in [0.15, 0.2) is 0 Å². The van der Waals surface area contributed by atoms with Crippen molar-refractivity contribution in [3.8, 4) is 5.75 Å². The Morgan fingerprint density at radius 2 is 1.92 bits per heavy atom. The number of aryl methyl sites for hydroxylation is 1. The number of hydrogen-bond acceptors (Lipinski definition) is 6. The maximum absolute atomic E-state index is 12.1. The van der Waals surface area contributed by atoms with Crippen LogP contribution in [0.5, 0.6) is 5.75 Å². The molecule has 0 aliphatic carbocycles. The number of para-hydroxylation sites is 2. The van der Waals surface area contributed by atoms with Crippen molar-refractivity contribution in [3.05, 3.63) is 46.9 Å². The second-order valence-electron chi connectivity index (χ2n) is 5.92. The zero-order valence-corrected chi connectivity index (χ0v) is 13.9. The summed E-state index contributed by atoms with van der Waals surface area (Å²) in [7, 11) is 1.67. The van der Waals surface area contributed by atoms with Crippen molar-refractivity contribution in [2.75, 3.05) is 49.5 Å². The van der Waals surface area contributed by atoms with Crippen LogP contribution < -0.4 is 15.8 Å². The second kappa shape index (κ2) is 7.35. The van der Waals surface area contributed by atoms with Crippen LogP contribution in [0.3, 0.4) is 0 Å². The normalized spacial score (nSPS) is 15.5. The predicted molar refractivity (Wildman–Crippen MR) is 94.7 cm³/mol. The molecule has 0 amide bonds. The van der Waals surface area contributed by atoms with E-state index < -0.39 is 0 Å². The van der Waals surface area contributed by atoms with Crippen molar-refractivity contribution in [1.82, 2.24) is 14.7 Å². The molecule has 128 valence electrons. The topological polar surface area (TPSA) is 73.6 Å². The maximum atomic E-state index is 12.1. The molecule has 0 spiro atoms. The standard InChI is InChI=1S/C17H23N5O2/c1-20-17(24)15(6-7-19-20)22-12-10-21(11-13-22)9-8-18-14-4-2-3-5-16(14)23/h2-7,18,23H,8-13H2,1H3. The third kappa shape index (κ3) is 3.68. The van der Waals surface area contributed by atoms with Gasteiger partial charge >= 0.3 is 0 Å². The number of phenolic OH excluding ortho intramolecular Hbond substituents is 1. The van der Waals surface area contributed by atoms with Crippen LogP contribution in [-0.4, -0.2) is 59.1 Å². The average molecular weight is 329 g/mol. The molecular formula is C17H23N5O2. The van der Waals surface area contributed by atoms with Crippen LogP contribution in [0.1, 0.15) is 0 Å². The molecule has 2 N–H and O–H groups in total. The van der Waals surface area contributed by atoms with E-state index in [2.05, 4.69) is 20.2 Å². The Morgan fingerprint density at radius 3 is 2.67 bits per heavy atom. The monoisotopic (exact) mass is 329 g/mol. The Labute approximate surface area is 141 Å². The van der Waals surface area contributed by atoms with Gasteiger partial charge in [-0.1, -0.05) is 12.1 Å². The lowest BCUT2D eigenvalue weighted by Crippen LogP contribution is -2.49. The summed E-state index contributed by atoms with van der Waals surface area (Å²) in [6.45, 7) is 5.15. The van der Waals surface area contributed by atoms with Crippen LogP contribution in [0.2, 0.25) is 0 Å². The molecule has 1 saturated heterocycles. The molecule has 2 aromatic rings. The zero-order chi connectivity index (χ0) is 16.9. The van der Waals surface area contributed by atoms with Gasteiger partial charge < -0.3 is 15.3 Å². The Hall–Kier alpha value is -2.54. The number of rotatable bonds is 5. The van der Waals surface area contributed by atoms with Crippen LogP contribution >= 0.6 is 0 Å². The SMILES string of the molecule is Cn1nccc(N2CCN(CCNc3ccccc3O)CC2)c1=O. The van der Waals surface area contributed by atoms with E-state index in [4.69, 9.17) is 0 Å². The van der Waals surface area contributed by atoms with Gasteiger partial charge in [-0.05, 0) is 18.2 Å². The van der Waals surface area contributed by atoms with Gasteiger partial charge in [0.2, 0.25) is 0 Å². The molecule has 0 unspecified atom stereocenters. The van der Waals surface area contributed by atoms with Crippen LogP contribution in [-0.2, 0) is 7.05 Å². The Bertz CT molecular complexity index is 738. The van der Waals surface area contributed by atoms with E-state index >= 15 is 0 Å². The summed E-state index contributed by atoms with van der Waals surface area (Å²) in [6.07, 6.45) is 1.67. The molecule has 1 aliphatic rings. The van der Waals surface area contributed by atoms with Gasteiger partial charge in [0, 0.05) is 52.5 Å². The Morgan fingerprint density at radius 1 is 1.17 bits per heavy atom. The summed E-state index contributed by atoms with van der Waals surface area (Å²) < 4.78 is 1.37. The number of aromatic hydroxyl groups is 1. The van der Waals surface area contributed by atoms with E-state index in [1.165, 1.54) is 4.68 Å². The second-order valence-corrected chi connectivity index (χ2v) is 5.92. The van der Waals surface area contributed by atoms with E-state index in [1.807, 2.05) is 18.2 Å². The van der Waals surface area contributed by atoms with E-state index in [-0.39, 0.29) is 11.3 Å². The molecule has 1 aromatic carbocycles. The summed E-state index contributed by atoms with van der Waals surface area (Å²) in [4.78, 5) is 16.6. The van der Waals surface area contributed by atoms with E-state index in [9.17, 15) is 9.90 Å². The molecule has 1 fully saturated rings. The highest BCUT2D eigenvalue weighted by Gasteiger charge is 2.19. The number of anilines is 2. The van der Waals surface area contributed by atoms with Gasteiger partial charge in [-0.25, -0.2) is 4.68 Å². The minimum atomic E-state index is -0.0489. The van der Waals surface area contributed by atoms with Crippen LogP contribution in [0.25, 0.3) is 0 Å². The van der Waals surface area contributed by atoms with Crippen molar-refractivity contribution < 1.29 is 5.11 Å². The Kier molecular flexibility index (Phi) is 5.00. The number of benzene rings is 1. The number of piperazine rings is 1. The Balaban J connectivity index is 1.48. The molecule has 0 atom stereocenters. The molecule has 0 bridgehead atoms. The lowest BCUT2D eigenvalue weighted by atomic mass is 10.2. The first kappa shape index (κ1) is 16.3. The first-order valence-electron chi connectivity index (χ1n) is 8.16. The fraction of sp³-hybridized carbons (Fsp3) is 0.412. The highest BCUT2D eigenvalue weighted by Crippen LogP contribution is 2.21. The maximum Gasteiger partial charge on any atom is 0.290 e. The zero-order valence-electron chi connectivity index (χ0n) is 13.9. The lowest BCUT2D eigenvalue weighted by Gasteiger charge is -2.35. The average Bonchev–Trinajstić information content (AvgIpc) is 2.60. The summed E-state index contributed by atoms with van der Waals surface area (Å²) in [5.74, 6) is 0.274. The fourth-order valence-corrected chi connectivity index (χ4v) is 2.92. The molecule has 0 saturated carbocycles. The van der Waals surface area contributed by atoms with Crippen molar-refractivity contribution in [2.24, 2.45) is 7.05 Å². The summed E-state index contributed by atoms with van der Waals surface area (Å²) >= 11 is 0. The fourth-order valence-electron chi connectivity index (χ4n) is 2.92. The van der Waals surface area contributed by atoms with Gasteiger partial charge in [-0.2, -0.15) is 5.10 Å². The number of hydrogen-bond donors (Lipinski definition) is 2. The van der Waals surface area contributed by atoms with Crippen LogP contribution in [0.15, 0.2) is 41.3 Å². The first-order valence-corrected chi connectivity index (χ1v) is 8.16. The molecule has 1 aromatic heterocycles. The smallest absolute Gasteiger partial charge is 0.290 e. The third-order valence-corrected chi connectivity index (χ3v) is 4.35. The van der Waals surface area contributed by atoms with Crippen molar-refractivity contribution >= 4 is 11.4 Å². The van der Waals surface area contributed by atoms with Crippen molar-refractivity contribution in [3.63, 3.8) is 0 Å². The number of phenols is 1. The summed E-state index contributed by atoms with van der Waals surface area (Å²) in [6, 6.07) is 9.04. The molecule has 7 nitrogen and oxygen atoms in total. The van der Waals surface area contributed by atoms with Gasteiger partial charge in [0.05, 0.1) is 5.69 Å². The summed E-state index contributed by atoms with van der Waals surface area (Å²) in [5, 5.41) is 17.0. The van der Waals surface area contributed by atoms with Gasteiger partial charge in [-0.3, -0.25) is 9.69 Å². The lowest BCUT2D eigenvalue weighted by molar-refractivity contribution is 0.267. The molecule has 24 heavy (non-hydrogen) atoms. The third-order valence-electron chi connectivity index (χ3n) is 4.35. The minimum Gasteiger partial charge on any atom is -0.506 e. The van der Waals surface area contributed by atoms with Crippen LogP contribution in [0, 0.1) is 0 Å². The van der Waals surface area contributed by atoms with Crippen LogP contribution in [0.4, 0.5) is 11.4 Å². The van der Waals surface area contributed by atoms with Crippen molar-refractivity contribution in [2.45, 2.75) is 0 Å². The molecule has 3 rings (SSSR count). The molecule has 2 heterocycles. The van der Waals surface area contributed by atoms with Gasteiger partial charge in [0.1, 0.15) is 11.4 Å². The van der Waals surface area contributed by atoms with Gasteiger partial charge in [0.25, 0.3) is 5.56 Å².